The van der Waals surface area contributed by atoms with Crippen LogP contribution in [0.3, 0.4) is 0 Å². The van der Waals surface area contributed by atoms with Gasteiger partial charge in [0.2, 0.25) is 0 Å². The number of ether oxygens (including phenoxy) is 1. The van der Waals surface area contributed by atoms with Crippen molar-refractivity contribution in [1.82, 2.24) is 9.88 Å². The number of thiazole rings is 1. The molecule has 126 valence electrons. The van der Waals surface area contributed by atoms with Crippen LogP contribution in [0.15, 0.2) is 30.5 Å². The van der Waals surface area contributed by atoms with Crippen LogP contribution in [0.2, 0.25) is 0 Å². The lowest BCUT2D eigenvalue weighted by molar-refractivity contribution is 0.0980. The summed E-state index contributed by atoms with van der Waals surface area (Å²) in [4.78, 5) is 11.3. The van der Waals surface area contributed by atoms with Crippen molar-refractivity contribution in [2.24, 2.45) is 11.8 Å². The van der Waals surface area contributed by atoms with Gasteiger partial charge in [0, 0.05) is 38.4 Å². The summed E-state index contributed by atoms with van der Waals surface area (Å²) in [6, 6.07) is 8.95. The highest BCUT2D eigenvalue weighted by atomic mass is 32.1. The summed E-state index contributed by atoms with van der Waals surface area (Å²) < 4.78 is 5.26. The van der Waals surface area contributed by atoms with Gasteiger partial charge in [-0.2, -0.15) is 0 Å². The van der Waals surface area contributed by atoms with Gasteiger partial charge in [0.05, 0.1) is 12.0 Å². The van der Waals surface area contributed by atoms with Crippen molar-refractivity contribution in [3.63, 3.8) is 0 Å². The Morgan fingerprint density at radius 1 is 1.04 bits per heavy atom. The van der Waals surface area contributed by atoms with Crippen molar-refractivity contribution < 1.29 is 4.74 Å². The SMILES string of the molecule is COc1ccc(-c2cnc(N3CC4CC5CC3CN(C5)C4)s2)cc1. The number of hydrogen-bond acceptors (Lipinski definition) is 5. The fraction of sp³-hybridized carbons (Fsp3) is 0.526. The molecule has 1 aromatic heterocycles. The number of benzene rings is 1. The van der Waals surface area contributed by atoms with Crippen LogP contribution in [0.5, 0.6) is 5.75 Å². The molecular weight excluding hydrogens is 318 g/mol. The Kier molecular flexibility index (Phi) is 3.52. The van der Waals surface area contributed by atoms with Crippen molar-refractivity contribution in [1.29, 1.82) is 0 Å². The second-order valence-corrected chi connectivity index (χ2v) is 8.47. The molecule has 0 saturated carbocycles. The highest BCUT2D eigenvalue weighted by Crippen LogP contribution is 2.40. The quantitative estimate of drug-likeness (QED) is 0.856. The molecule has 0 aliphatic carbocycles. The number of hydrogen-bond donors (Lipinski definition) is 0. The number of methoxy groups -OCH3 is 1. The van der Waals surface area contributed by atoms with Gasteiger partial charge in [-0.25, -0.2) is 4.98 Å². The Morgan fingerprint density at radius 2 is 1.88 bits per heavy atom. The minimum atomic E-state index is 0.658. The van der Waals surface area contributed by atoms with E-state index in [9.17, 15) is 0 Å². The van der Waals surface area contributed by atoms with Gasteiger partial charge in [-0.1, -0.05) is 11.3 Å². The molecule has 0 spiro atoms. The lowest BCUT2D eigenvalue weighted by Gasteiger charge is -2.41. The Bertz CT molecular complexity index is 714. The Labute approximate surface area is 147 Å². The van der Waals surface area contributed by atoms with E-state index in [1.807, 2.05) is 29.7 Å². The fourth-order valence-corrected chi connectivity index (χ4v) is 5.81. The van der Waals surface area contributed by atoms with Crippen LogP contribution >= 0.6 is 11.3 Å². The van der Waals surface area contributed by atoms with Crippen LogP contribution < -0.4 is 9.64 Å². The van der Waals surface area contributed by atoms with Crippen LogP contribution in [-0.2, 0) is 0 Å². The highest BCUT2D eigenvalue weighted by Gasteiger charge is 2.42. The zero-order valence-electron chi connectivity index (χ0n) is 14.0. The van der Waals surface area contributed by atoms with Gasteiger partial charge in [-0.15, -0.1) is 0 Å². The maximum Gasteiger partial charge on any atom is 0.186 e. The van der Waals surface area contributed by atoms with Crippen LogP contribution in [-0.4, -0.2) is 49.2 Å². The van der Waals surface area contributed by atoms with Gasteiger partial charge in [-0.3, -0.25) is 0 Å². The number of fused-ring (bicyclic) bond motifs is 1. The first-order valence-corrected chi connectivity index (χ1v) is 9.69. The van der Waals surface area contributed by atoms with Gasteiger partial charge < -0.3 is 14.5 Å². The van der Waals surface area contributed by atoms with E-state index in [0.717, 1.165) is 17.6 Å². The molecule has 5 heteroatoms. The number of rotatable bonds is 3. The van der Waals surface area contributed by atoms with E-state index in [1.165, 1.54) is 54.6 Å². The summed E-state index contributed by atoms with van der Waals surface area (Å²) in [6.45, 7) is 5.04. The summed E-state index contributed by atoms with van der Waals surface area (Å²) in [7, 11) is 1.71. The van der Waals surface area contributed by atoms with Gasteiger partial charge in [0.25, 0.3) is 0 Å². The monoisotopic (exact) mass is 341 g/mol. The van der Waals surface area contributed by atoms with E-state index in [2.05, 4.69) is 21.9 Å². The topological polar surface area (TPSA) is 28.6 Å². The third kappa shape index (κ3) is 2.50. The normalized spacial score (nSPS) is 31.3. The first-order valence-electron chi connectivity index (χ1n) is 8.88. The molecule has 4 atom stereocenters. The summed E-state index contributed by atoms with van der Waals surface area (Å²) in [5.74, 6) is 2.64. The first kappa shape index (κ1) is 14.7. The van der Waals surface area contributed by atoms with E-state index >= 15 is 0 Å². The molecule has 24 heavy (non-hydrogen) atoms. The molecule has 4 unspecified atom stereocenters. The molecule has 2 aromatic rings. The predicted molar refractivity (Wildman–Crippen MR) is 97.9 cm³/mol. The van der Waals surface area contributed by atoms with E-state index in [4.69, 9.17) is 9.72 Å². The van der Waals surface area contributed by atoms with Crippen LogP contribution in [0.25, 0.3) is 10.4 Å². The molecule has 4 saturated heterocycles. The van der Waals surface area contributed by atoms with Crippen LogP contribution in [0.4, 0.5) is 5.13 Å². The van der Waals surface area contributed by atoms with Gasteiger partial charge in [0.1, 0.15) is 5.75 Å². The lowest BCUT2D eigenvalue weighted by Crippen LogP contribution is -2.49. The van der Waals surface area contributed by atoms with Crippen molar-refractivity contribution in [3.8, 4) is 16.2 Å². The van der Waals surface area contributed by atoms with Crippen molar-refractivity contribution in [2.75, 3.05) is 38.2 Å². The van der Waals surface area contributed by atoms with Crippen molar-refractivity contribution in [3.05, 3.63) is 30.5 Å². The average Bonchev–Trinajstić information content (AvgIpc) is 3.00. The molecule has 5 heterocycles. The predicted octanol–water partition coefficient (Wildman–Crippen LogP) is 3.35. The molecule has 4 aliphatic heterocycles. The van der Waals surface area contributed by atoms with Crippen molar-refractivity contribution >= 4 is 16.5 Å². The van der Waals surface area contributed by atoms with E-state index in [1.54, 1.807) is 7.11 Å². The summed E-state index contributed by atoms with van der Waals surface area (Å²) in [6.07, 6.45) is 4.81. The smallest absolute Gasteiger partial charge is 0.186 e. The van der Waals surface area contributed by atoms with E-state index in [0.29, 0.717) is 6.04 Å². The molecular formula is C19H23N3OS. The lowest BCUT2D eigenvalue weighted by atomic mass is 9.84. The van der Waals surface area contributed by atoms with Gasteiger partial charge in [0.15, 0.2) is 5.13 Å². The first-order chi connectivity index (χ1) is 11.8. The molecule has 1 aromatic carbocycles. The minimum absolute atomic E-state index is 0.658. The second kappa shape index (κ2) is 5.74. The average molecular weight is 341 g/mol. The van der Waals surface area contributed by atoms with Crippen molar-refractivity contribution in [2.45, 2.75) is 18.9 Å². The molecule has 4 bridgehead atoms. The Balaban J connectivity index is 1.42. The minimum Gasteiger partial charge on any atom is -0.497 e. The maximum absolute atomic E-state index is 5.26. The van der Waals surface area contributed by atoms with Gasteiger partial charge >= 0.3 is 0 Å². The summed E-state index contributed by atoms with van der Waals surface area (Å²) >= 11 is 1.84. The van der Waals surface area contributed by atoms with E-state index in [-0.39, 0.29) is 0 Å². The summed E-state index contributed by atoms with van der Waals surface area (Å²) in [5.41, 5.74) is 1.23. The number of anilines is 1. The number of nitrogens with zero attached hydrogens (tertiary/aromatic N) is 3. The maximum atomic E-state index is 5.26. The highest BCUT2D eigenvalue weighted by molar-refractivity contribution is 7.18. The molecule has 0 amide bonds. The molecule has 4 nitrogen and oxygen atoms in total. The zero-order valence-corrected chi connectivity index (χ0v) is 14.8. The second-order valence-electron chi connectivity index (χ2n) is 7.46. The fourth-order valence-electron chi connectivity index (χ4n) is 4.81. The molecule has 4 fully saturated rings. The third-order valence-corrected chi connectivity index (χ3v) is 6.87. The van der Waals surface area contributed by atoms with Crippen LogP contribution in [0.1, 0.15) is 12.8 Å². The molecule has 6 rings (SSSR count). The third-order valence-electron chi connectivity index (χ3n) is 5.78. The number of aromatic nitrogens is 1. The Hall–Kier alpha value is -1.59. The molecule has 4 aliphatic rings. The summed E-state index contributed by atoms with van der Waals surface area (Å²) in [5, 5.41) is 1.21. The zero-order chi connectivity index (χ0) is 16.1. The molecule has 0 N–H and O–H groups in total. The van der Waals surface area contributed by atoms with E-state index < -0.39 is 0 Å². The number of piperidine rings is 2. The van der Waals surface area contributed by atoms with Gasteiger partial charge in [-0.05, 0) is 54.5 Å². The standard InChI is InChI=1S/C19H23N3OS/c1-23-17-4-2-15(3-5-17)18-8-20-19(24-18)22-11-14-6-13-7-16(22)12-21(9-13)10-14/h2-5,8,13-14,16H,6-7,9-12H2,1H3. The largest absolute Gasteiger partial charge is 0.497 e. The molecule has 0 radical (unpaired) electrons. The van der Waals surface area contributed by atoms with Crippen LogP contribution in [0, 0.1) is 11.8 Å². The Morgan fingerprint density at radius 3 is 2.67 bits per heavy atom.